The molecule has 3 aromatic rings. The third-order valence-corrected chi connectivity index (χ3v) is 2.98. The van der Waals surface area contributed by atoms with E-state index in [0.717, 1.165) is 18.2 Å². The zero-order chi connectivity index (χ0) is 15.1. The molecule has 0 saturated carbocycles. The normalized spacial score (nSPS) is 11.0. The van der Waals surface area contributed by atoms with Crippen molar-refractivity contribution in [1.82, 2.24) is 0 Å². The Labute approximate surface area is 115 Å². The van der Waals surface area contributed by atoms with Gasteiger partial charge in [0.1, 0.15) is 11.4 Å². The standard InChI is InChI=1S/C15H6F4O2/c16-8-1-4-11-7(5-8)6-12(21-11)15(20)9-2-3-10(17)14(19)13(9)18/h1-6H. The van der Waals surface area contributed by atoms with Crippen LogP contribution < -0.4 is 0 Å². The van der Waals surface area contributed by atoms with Crippen LogP contribution in [0.15, 0.2) is 40.8 Å². The topological polar surface area (TPSA) is 30.2 Å². The Morgan fingerprint density at radius 2 is 1.67 bits per heavy atom. The van der Waals surface area contributed by atoms with E-state index in [0.29, 0.717) is 11.5 Å². The second kappa shape index (κ2) is 4.73. The Hall–Kier alpha value is -2.63. The van der Waals surface area contributed by atoms with Gasteiger partial charge in [-0.15, -0.1) is 0 Å². The van der Waals surface area contributed by atoms with Crippen LogP contribution >= 0.6 is 0 Å². The van der Waals surface area contributed by atoms with Gasteiger partial charge in [0.2, 0.25) is 5.78 Å². The lowest BCUT2D eigenvalue weighted by Gasteiger charge is -2.01. The molecule has 1 heterocycles. The van der Waals surface area contributed by atoms with Gasteiger partial charge < -0.3 is 4.42 Å². The number of furan rings is 1. The van der Waals surface area contributed by atoms with Crippen LogP contribution in [0.3, 0.4) is 0 Å². The number of ketones is 1. The summed E-state index contributed by atoms with van der Waals surface area (Å²) in [5, 5.41) is 0.307. The highest BCUT2D eigenvalue weighted by Crippen LogP contribution is 2.24. The van der Waals surface area contributed by atoms with Crippen molar-refractivity contribution in [3.05, 3.63) is 71.0 Å². The molecule has 0 fully saturated rings. The second-order valence-corrected chi connectivity index (χ2v) is 4.34. The quantitative estimate of drug-likeness (QED) is 0.402. The molecule has 0 N–H and O–H groups in total. The van der Waals surface area contributed by atoms with Crippen molar-refractivity contribution in [2.45, 2.75) is 0 Å². The lowest BCUT2D eigenvalue weighted by molar-refractivity contribution is 0.101. The first-order valence-electron chi connectivity index (χ1n) is 5.84. The van der Waals surface area contributed by atoms with Gasteiger partial charge in [-0.25, -0.2) is 17.6 Å². The number of rotatable bonds is 2. The molecule has 0 bridgehead atoms. The number of hydrogen-bond donors (Lipinski definition) is 0. The fraction of sp³-hybridized carbons (Fsp3) is 0. The predicted octanol–water partition coefficient (Wildman–Crippen LogP) is 4.22. The van der Waals surface area contributed by atoms with Crippen molar-refractivity contribution < 1.29 is 26.8 Å². The van der Waals surface area contributed by atoms with E-state index in [1.54, 1.807) is 0 Å². The molecule has 0 atom stereocenters. The second-order valence-electron chi connectivity index (χ2n) is 4.34. The van der Waals surface area contributed by atoms with Gasteiger partial charge in [-0.2, -0.15) is 0 Å². The van der Waals surface area contributed by atoms with Crippen LogP contribution in [0.4, 0.5) is 17.6 Å². The summed E-state index contributed by atoms with van der Waals surface area (Å²) in [5.41, 5.74) is -0.434. The van der Waals surface area contributed by atoms with Crippen molar-refractivity contribution in [3.8, 4) is 0 Å². The number of carbonyl (C=O) groups excluding carboxylic acids is 1. The molecule has 2 aromatic carbocycles. The zero-order valence-corrected chi connectivity index (χ0v) is 10.3. The van der Waals surface area contributed by atoms with E-state index in [2.05, 4.69) is 0 Å². The molecular formula is C15H6F4O2. The molecule has 0 amide bonds. The van der Waals surface area contributed by atoms with Crippen LogP contribution in [0.25, 0.3) is 11.0 Å². The zero-order valence-electron chi connectivity index (χ0n) is 10.3. The van der Waals surface area contributed by atoms with Crippen molar-refractivity contribution in [2.75, 3.05) is 0 Å². The van der Waals surface area contributed by atoms with E-state index in [4.69, 9.17) is 4.42 Å². The summed E-state index contributed by atoms with van der Waals surface area (Å²) in [5.74, 6) is -6.49. The smallest absolute Gasteiger partial charge is 0.231 e. The summed E-state index contributed by atoms with van der Waals surface area (Å²) >= 11 is 0. The van der Waals surface area contributed by atoms with Crippen molar-refractivity contribution in [1.29, 1.82) is 0 Å². The van der Waals surface area contributed by atoms with Crippen LogP contribution in [0, 0.1) is 23.3 Å². The van der Waals surface area contributed by atoms with Crippen molar-refractivity contribution in [3.63, 3.8) is 0 Å². The summed E-state index contributed by atoms with van der Waals surface area (Å²) in [4.78, 5) is 12.1. The van der Waals surface area contributed by atoms with E-state index in [1.807, 2.05) is 0 Å². The molecule has 0 unspecified atom stereocenters. The fourth-order valence-electron chi connectivity index (χ4n) is 1.96. The molecule has 0 spiro atoms. The van der Waals surface area contributed by atoms with E-state index < -0.39 is 34.6 Å². The van der Waals surface area contributed by atoms with Gasteiger partial charge in [0.05, 0.1) is 5.56 Å². The maximum Gasteiger partial charge on any atom is 0.231 e. The van der Waals surface area contributed by atoms with E-state index in [-0.39, 0.29) is 11.3 Å². The first kappa shape index (κ1) is 13.4. The Morgan fingerprint density at radius 3 is 2.43 bits per heavy atom. The predicted molar refractivity (Wildman–Crippen MR) is 65.9 cm³/mol. The molecule has 6 heteroatoms. The summed E-state index contributed by atoms with van der Waals surface area (Å²) in [6, 6.07) is 6.26. The molecule has 0 aliphatic carbocycles. The Balaban J connectivity index is 2.10. The highest BCUT2D eigenvalue weighted by Gasteiger charge is 2.22. The molecule has 3 rings (SSSR count). The molecule has 2 nitrogen and oxygen atoms in total. The fourth-order valence-corrected chi connectivity index (χ4v) is 1.96. The average molecular weight is 294 g/mol. The lowest BCUT2D eigenvalue weighted by Crippen LogP contribution is -2.06. The number of benzene rings is 2. The van der Waals surface area contributed by atoms with E-state index in [1.165, 1.54) is 12.1 Å². The summed E-state index contributed by atoms with van der Waals surface area (Å²) < 4.78 is 57.8. The van der Waals surface area contributed by atoms with E-state index in [9.17, 15) is 22.4 Å². The Morgan fingerprint density at radius 1 is 0.905 bits per heavy atom. The number of fused-ring (bicyclic) bond motifs is 1. The lowest BCUT2D eigenvalue weighted by atomic mass is 10.1. The minimum atomic E-state index is -1.73. The van der Waals surface area contributed by atoms with Crippen molar-refractivity contribution in [2.24, 2.45) is 0 Å². The molecule has 21 heavy (non-hydrogen) atoms. The van der Waals surface area contributed by atoms with Gasteiger partial charge in [-0.1, -0.05) is 0 Å². The number of halogens is 4. The Kier molecular flexibility index (Phi) is 3.01. The molecule has 0 radical (unpaired) electrons. The molecule has 0 saturated heterocycles. The highest BCUT2D eigenvalue weighted by atomic mass is 19.2. The average Bonchev–Trinajstić information content (AvgIpc) is 2.87. The molecule has 106 valence electrons. The summed E-state index contributed by atoms with van der Waals surface area (Å²) in [6.45, 7) is 0. The molecule has 1 aromatic heterocycles. The SMILES string of the molecule is O=C(c1cc2cc(F)ccc2o1)c1ccc(F)c(F)c1F. The number of hydrogen-bond acceptors (Lipinski definition) is 2. The highest BCUT2D eigenvalue weighted by molar-refractivity contribution is 6.09. The van der Waals surface area contributed by atoms with Gasteiger partial charge >= 0.3 is 0 Å². The first-order chi connectivity index (χ1) is 9.97. The van der Waals surface area contributed by atoms with Gasteiger partial charge in [0.15, 0.2) is 23.2 Å². The van der Waals surface area contributed by atoms with Gasteiger partial charge in [-0.3, -0.25) is 4.79 Å². The van der Waals surface area contributed by atoms with E-state index >= 15 is 0 Å². The summed E-state index contributed by atoms with van der Waals surface area (Å²) in [6.07, 6.45) is 0. The molecular weight excluding hydrogens is 288 g/mol. The molecule has 0 aliphatic heterocycles. The van der Waals surface area contributed by atoms with Gasteiger partial charge in [0, 0.05) is 5.39 Å². The maximum absolute atomic E-state index is 13.6. The molecule has 0 aliphatic rings. The summed E-state index contributed by atoms with van der Waals surface area (Å²) in [7, 11) is 0. The van der Waals surface area contributed by atoms with Gasteiger partial charge in [-0.05, 0) is 36.4 Å². The largest absolute Gasteiger partial charge is 0.453 e. The first-order valence-corrected chi connectivity index (χ1v) is 5.84. The Bertz CT molecular complexity index is 867. The number of carbonyl (C=O) groups is 1. The minimum Gasteiger partial charge on any atom is -0.453 e. The maximum atomic E-state index is 13.6. The van der Waals surface area contributed by atoms with Gasteiger partial charge in [0.25, 0.3) is 0 Å². The third-order valence-electron chi connectivity index (χ3n) is 2.98. The van der Waals surface area contributed by atoms with Crippen LogP contribution in [0.1, 0.15) is 16.1 Å². The monoisotopic (exact) mass is 294 g/mol. The van der Waals surface area contributed by atoms with Crippen LogP contribution in [-0.2, 0) is 0 Å². The van der Waals surface area contributed by atoms with Crippen molar-refractivity contribution >= 4 is 16.8 Å². The van der Waals surface area contributed by atoms with Crippen LogP contribution in [0.2, 0.25) is 0 Å². The van der Waals surface area contributed by atoms with Crippen LogP contribution in [-0.4, -0.2) is 5.78 Å². The minimum absolute atomic E-state index is 0.225. The van der Waals surface area contributed by atoms with Crippen LogP contribution in [0.5, 0.6) is 0 Å². The third kappa shape index (κ3) is 2.18.